The molecule has 0 aliphatic heterocycles. The fourth-order valence-corrected chi connectivity index (χ4v) is 4.62. The number of carbonyl (C=O) groups is 2. The Hall–Kier alpha value is -2.14. The Kier molecular flexibility index (Phi) is 5.47. The van der Waals surface area contributed by atoms with E-state index in [0.29, 0.717) is 6.54 Å². The van der Waals surface area contributed by atoms with E-state index in [1.165, 1.54) is 27.1 Å². The quantitative estimate of drug-likeness (QED) is 0.896. The van der Waals surface area contributed by atoms with E-state index in [0.717, 1.165) is 24.1 Å². The molecule has 0 unspecified atom stereocenters. The van der Waals surface area contributed by atoms with Gasteiger partial charge in [0.05, 0.1) is 4.88 Å². The van der Waals surface area contributed by atoms with Crippen LogP contribution in [0.25, 0.3) is 0 Å². The van der Waals surface area contributed by atoms with Crippen molar-refractivity contribution < 1.29 is 9.59 Å². The molecule has 1 aliphatic carbocycles. The predicted molar refractivity (Wildman–Crippen MR) is 106 cm³/mol. The SMILES string of the molecule is Cc1ccc(C)c(CNC(=O)[C@@H]2CCc3sc(C(=O)N(C)C)cc3C2)c1. The summed E-state index contributed by atoms with van der Waals surface area (Å²) in [5.74, 6) is 0.146. The van der Waals surface area contributed by atoms with Gasteiger partial charge in [0.2, 0.25) is 5.91 Å². The van der Waals surface area contributed by atoms with Gasteiger partial charge in [0.25, 0.3) is 5.91 Å². The molecule has 26 heavy (non-hydrogen) atoms. The summed E-state index contributed by atoms with van der Waals surface area (Å²) < 4.78 is 0. The van der Waals surface area contributed by atoms with Crippen LogP contribution in [0.1, 0.15) is 43.2 Å². The molecule has 0 radical (unpaired) electrons. The minimum atomic E-state index is -0.00970. The second-order valence-corrected chi connectivity index (χ2v) is 8.48. The van der Waals surface area contributed by atoms with Gasteiger partial charge in [-0.25, -0.2) is 0 Å². The molecule has 3 rings (SSSR count). The van der Waals surface area contributed by atoms with Crippen molar-refractivity contribution in [2.45, 2.75) is 39.7 Å². The molecule has 1 aliphatic rings. The van der Waals surface area contributed by atoms with Crippen LogP contribution in [0, 0.1) is 19.8 Å². The predicted octanol–water partition coefficient (Wildman–Crippen LogP) is 3.49. The van der Waals surface area contributed by atoms with Crippen molar-refractivity contribution in [1.82, 2.24) is 10.2 Å². The number of hydrogen-bond donors (Lipinski definition) is 1. The Morgan fingerprint density at radius 2 is 2.00 bits per heavy atom. The van der Waals surface area contributed by atoms with Crippen molar-refractivity contribution in [2.75, 3.05) is 14.1 Å². The number of nitrogens with one attached hydrogen (secondary N) is 1. The topological polar surface area (TPSA) is 49.4 Å². The normalized spacial score (nSPS) is 16.1. The molecule has 2 aromatic rings. The molecule has 0 bridgehead atoms. The summed E-state index contributed by atoms with van der Waals surface area (Å²) in [6.45, 7) is 4.71. The first-order valence-electron chi connectivity index (χ1n) is 9.02. The van der Waals surface area contributed by atoms with Gasteiger partial charge in [-0.3, -0.25) is 9.59 Å². The maximum atomic E-state index is 12.6. The number of benzene rings is 1. The van der Waals surface area contributed by atoms with Gasteiger partial charge >= 0.3 is 0 Å². The van der Waals surface area contributed by atoms with Crippen LogP contribution in [0.3, 0.4) is 0 Å². The molecule has 1 aromatic heterocycles. The van der Waals surface area contributed by atoms with E-state index >= 15 is 0 Å². The van der Waals surface area contributed by atoms with E-state index in [4.69, 9.17) is 0 Å². The highest BCUT2D eigenvalue weighted by Crippen LogP contribution is 2.33. The van der Waals surface area contributed by atoms with Crippen molar-refractivity contribution in [1.29, 1.82) is 0 Å². The molecular formula is C21H26N2O2S. The van der Waals surface area contributed by atoms with Crippen LogP contribution >= 0.6 is 11.3 Å². The highest BCUT2D eigenvalue weighted by Gasteiger charge is 2.27. The minimum Gasteiger partial charge on any atom is -0.352 e. The van der Waals surface area contributed by atoms with E-state index in [9.17, 15) is 9.59 Å². The highest BCUT2D eigenvalue weighted by molar-refractivity contribution is 7.14. The van der Waals surface area contributed by atoms with E-state index in [1.807, 2.05) is 6.07 Å². The lowest BCUT2D eigenvalue weighted by Gasteiger charge is -2.21. The third kappa shape index (κ3) is 3.98. The van der Waals surface area contributed by atoms with Gasteiger partial charge in [-0.05, 0) is 55.9 Å². The van der Waals surface area contributed by atoms with Gasteiger partial charge in [0, 0.05) is 31.4 Å². The molecule has 0 spiro atoms. The number of amides is 2. The fourth-order valence-electron chi connectivity index (χ4n) is 3.39. The standard InChI is InChI=1S/C21H26N2O2S/c1-13-5-6-14(2)17(9-13)12-22-20(24)15-7-8-18-16(10-15)11-19(26-18)21(25)23(3)4/h5-6,9,11,15H,7-8,10,12H2,1-4H3,(H,22,24)/t15-/m1/s1. The fraction of sp³-hybridized carbons (Fsp3) is 0.429. The van der Waals surface area contributed by atoms with Crippen LogP contribution < -0.4 is 5.32 Å². The van der Waals surface area contributed by atoms with Crippen molar-refractivity contribution in [3.05, 3.63) is 56.3 Å². The highest BCUT2D eigenvalue weighted by atomic mass is 32.1. The molecule has 138 valence electrons. The van der Waals surface area contributed by atoms with Crippen LogP contribution in [0.2, 0.25) is 0 Å². The average Bonchev–Trinajstić information content (AvgIpc) is 3.04. The average molecular weight is 371 g/mol. The first-order valence-corrected chi connectivity index (χ1v) is 9.84. The van der Waals surface area contributed by atoms with Crippen LogP contribution in [-0.4, -0.2) is 30.8 Å². The van der Waals surface area contributed by atoms with Gasteiger partial charge in [0.1, 0.15) is 0 Å². The zero-order valence-electron chi connectivity index (χ0n) is 15.9. The molecule has 4 nitrogen and oxygen atoms in total. The molecule has 1 atom stereocenters. The monoisotopic (exact) mass is 370 g/mol. The Morgan fingerprint density at radius 1 is 1.23 bits per heavy atom. The number of fused-ring (bicyclic) bond motifs is 1. The second-order valence-electron chi connectivity index (χ2n) is 7.35. The van der Waals surface area contributed by atoms with Gasteiger partial charge in [0.15, 0.2) is 0 Å². The van der Waals surface area contributed by atoms with Crippen molar-refractivity contribution in [2.24, 2.45) is 5.92 Å². The molecular weight excluding hydrogens is 344 g/mol. The summed E-state index contributed by atoms with van der Waals surface area (Å²) in [5.41, 5.74) is 4.74. The van der Waals surface area contributed by atoms with Gasteiger partial charge in [-0.1, -0.05) is 23.8 Å². The zero-order valence-corrected chi connectivity index (χ0v) is 16.7. The number of carbonyl (C=O) groups excluding carboxylic acids is 2. The Labute approximate surface area is 159 Å². The van der Waals surface area contributed by atoms with Crippen molar-refractivity contribution >= 4 is 23.2 Å². The van der Waals surface area contributed by atoms with Crippen LogP contribution in [-0.2, 0) is 24.2 Å². The Bertz CT molecular complexity index is 839. The first-order chi connectivity index (χ1) is 12.3. The number of rotatable bonds is 4. The Morgan fingerprint density at radius 3 is 2.73 bits per heavy atom. The third-order valence-corrected chi connectivity index (χ3v) is 6.25. The van der Waals surface area contributed by atoms with Crippen molar-refractivity contribution in [3.8, 4) is 0 Å². The first kappa shape index (κ1) is 18.6. The van der Waals surface area contributed by atoms with E-state index in [2.05, 4.69) is 37.4 Å². The maximum absolute atomic E-state index is 12.6. The Balaban J connectivity index is 1.64. The van der Waals surface area contributed by atoms with Crippen LogP contribution in [0.15, 0.2) is 24.3 Å². The van der Waals surface area contributed by atoms with Crippen molar-refractivity contribution in [3.63, 3.8) is 0 Å². The lowest BCUT2D eigenvalue weighted by Crippen LogP contribution is -2.33. The summed E-state index contributed by atoms with van der Waals surface area (Å²) in [7, 11) is 3.54. The summed E-state index contributed by atoms with van der Waals surface area (Å²) in [6.07, 6.45) is 2.45. The zero-order chi connectivity index (χ0) is 18.8. The molecule has 1 aromatic carbocycles. The van der Waals surface area contributed by atoms with Crippen LogP contribution in [0.5, 0.6) is 0 Å². The molecule has 5 heteroatoms. The summed E-state index contributed by atoms with van der Waals surface area (Å²) in [4.78, 5) is 28.4. The van der Waals surface area contributed by atoms with E-state index in [-0.39, 0.29) is 17.7 Å². The van der Waals surface area contributed by atoms with Gasteiger partial charge < -0.3 is 10.2 Å². The number of aryl methyl sites for hydroxylation is 3. The van der Waals surface area contributed by atoms with Gasteiger partial charge in [-0.15, -0.1) is 11.3 Å². The van der Waals surface area contributed by atoms with E-state index < -0.39 is 0 Å². The van der Waals surface area contributed by atoms with Crippen LogP contribution in [0.4, 0.5) is 0 Å². The number of thiophene rings is 1. The molecule has 1 N–H and O–H groups in total. The molecule has 1 heterocycles. The summed E-state index contributed by atoms with van der Waals surface area (Å²) in [6, 6.07) is 8.30. The minimum absolute atomic E-state index is 0.00970. The van der Waals surface area contributed by atoms with E-state index in [1.54, 1.807) is 30.3 Å². The lowest BCUT2D eigenvalue weighted by molar-refractivity contribution is -0.125. The molecule has 0 saturated heterocycles. The summed E-state index contributed by atoms with van der Waals surface area (Å²) >= 11 is 1.58. The lowest BCUT2D eigenvalue weighted by atomic mass is 9.87. The summed E-state index contributed by atoms with van der Waals surface area (Å²) in [5, 5.41) is 3.10. The smallest absolute Gasteiger partial charge is 0.263 e. The number of hydrogen-bond acceptors (Lipinski definition) is 3. The molecule has 2 amide bonds. The molecule has 0 fully saturated rings. The third-order valence-electron chi connectivity index (χ3n) is 5.03. The van der Waals surface area contributed by atoms with Gasteiger partial charge in [-0.2, -0.15) is 0 Å². The maximum Gasteiger partial charge on any atom is 0.263 e. The largest absolute Gasteiger partial charge is 0.352 e. The molecule has 0 saturated carbocycles. The second kappa shape index (κ2) is 7.62. The number of nitrogens with zero attached hydrogens (tertiary/aromatic N) is 1.